The van der Waals surface area contributed by atoms with Gasteiger partial charge in [-0.05, 0) is 26.0 Å². The van der Waals surface area contributed by atoms with Crippen molar-refractivity contribution in [1.82, 2.24) is 4.98 Å². The number of nitrogens with zero attached hydrogens (tertiary/aromatic N) is 3. The first-order valence-corrected chi connectivity index (χ1v) is 4.39. The molecule has 0 fully saturated rings. The van der Waals surface area contributed by atoms with Gasteiger partial charge in [-0.2, -0.15) is 10.2 Å². The van der Waals surface area contributed by atoms with Gasteiger partial charge < -0.3 is 0 Å². The van der Waals surface area contributed by atoms with Gasteiger partial charge in [0, 0.05) is 0 Å². The highest BCUT2D eigenvalue weighted by molar-refractivity contribution is 5.15. The van der Waals surface area contributed by atoms with Crippen LogP contribution in [0.3, 0.4) is 0 Å². The Morgan fingerprint density at radius 3 is 1.86 bits per heavy atom. The van der Waals surface area contributed by atoms with Crippen molar-refractivity contribution >= 4 is 0 Å². The predicted molar refractivity (Wildman–Crippen MR) is 51.4 cm³/mol. The van der Waals surface area contributed by atoms with Gasteiger partial charge in [-0.25, -0.2) is 11.1 Å². The van der Waals surface area contributed by atoms with Crippen LogP contribution in [0.1, 0.15) is 37.3 Å². The molecule has 0 aromatic carbocycles. The van der Waals surface area contributed by atoms with Crippen LogP contribution in [0, 0.1) is 11.1 Å². The summed E-state index contributed by atoms with van der Waals surface area (Å²) in [7, 11) is 0. The summed E-state index contributed by atoms with van der Waals surface area (Å²) < 4.78 is 0. The van der Waals surface area contributed by atoms with Crippen LogP contribution in [-0.4, -0.2) is 4.98 Å². The van der Waals surface area contributed by atoms with Crippen LogP contribution < -0.4 is 0 Å². The molecule has 0 amide bonds. The molecule has 0 spiro atoms. The fourth-order valence-electron chi connectivity index (χ4n) is 1.07. The average Bonchev–Trinajstić information content (AvgIpc) is 2.27. The van der Waals surface area contributed by atoms with Crippen molar-refractivity contribution < 1.29 is 0 Å². The van der Waals surface area contributed by atoms with Crippen molar-refractivity contribution in [3.05, 3.63) is 29.6 Å². The van der Waals surface area contributed by atoms with E-state index in [1.807, 2.05) is 32.0 Å². The molecule has 1 rings (SSSR count). The largest absolute Gasteiger partial charge is 0.253 e. The quantitative estimate of drug-likeness (QED) is 0.703. The second-order valence-electron chi connectivity index (χ2n) is 3.10. The van der Waals surface area contributed by atoms with E-state index in [1.54, 1.807) is 0 Å². The van der Waals surface area contributed by atoms with Gasteiger partial charge in [-0.1, -0.05) is 6.07 Å². The van der Waals surface area contributed by atoms with Gasteiger partial charge in [0.05, 0.1) is 11.4 Å². The van der Waals surface area contributed by atoms with E-state index in [0.717, 1.165) is 11.4 Å². The standard InChI is InChI=1S/C9H13N5/c1-6(13-10)8-4-3-5-9(12-8)7(2)14-11/h3-7,10-11H,1-2H3. The summed E-state index contributed by atoms with van der Waals surface area (Å²) >= 11 is 0. The van der Waals surface area contributed by atoms with Gasteiger partial charge >= 0.3 is 0 Å². The van der Waals surface area contributed by atoms with Crippen LogP contribution in [0.5, 0.6) is 0 Å². The van der Waals surface area contributed by atoms with E-state index in [1.165, 1.54) is 0 Å². The zero-order valence-corrected chi connectivity index (χ0v) is 8.23. The van der Waals surface area contributed by atoms with Gasteiger partial charge in [0.25, 0.3) is 0 Å². The van der Waals surface area contributed by atoms with Crippen molar-refractivity contribution in [2.45, 2.75) is 25.9 Å². The normalized spacial score (nSPS) is 14.4. The van der Waals surface area contributed by atoms with E-state index in [9.17, 15) is 0 Å². The highest BCUT2D eigenvalue weighted by atomic mass is 15.0. The molecule has 0 aliphatic heterocycles. The van der Waals surface area contributed by atoms with Gasteiger partial charge in [-0.3, -0.25) is 4.98 Å². The van der Waals surface area contributed by atoms with Gasteiger partial charge in [0.1, 0.15) is 12.1 Å². The Morgan fingerprint density at radius 2 is 1.50 bits per heavy atom. The first-order chi connectivity index (χ1) is 6.69. The highest BCUT2D eigenvalue weighted by Gasteiger charge is 2.09. The van der Waals surface area contributed by atoms with Crippen LogP contribution in [0.15, 0.2) is 28.4 Å². The maximum Gasteiger partial charge on any atom is 0.110 e. The molecule has 0 aliphatic rings. The number of pyridine rings is 1. The Hall–Kier alpha value is -1.65. The van der Waals surface area contributed by atoms with Gasteiger partial charge in [-0.15, -0.1) is 0 Å². The van der Waals surface area contributed by atoms with Crippen molar-refractivity contribution in [2.24, 2.45) is 10.2 Å². The third-order valence-electron chi connectivity index (χ3n) is 2.04. The zero-order valence-electron chi connectivity index (χ0n) is 8.23. The lowest BCUT2D eigenvalue weighted by molar-refractivity contribution is 0.669. The van der Waals surface area contributed by atoms with E-state index in [-0.39, 0.29) is 12.1 Å². The van der Waals surface area contributed by atoms with Crippen molar-refractivity contribution in [2.75, 3.05) is 0 Å². The Morgan fingerprint density at radius 1 is 1.07 bits per heavy atom. The summed E-state index contributed by atoms with van der Waals surface area (Å²) in [6.07, 6.45) is 0. The zero-order chi connectivity index (χ0) is 10.6. The minimum atomic E-state index is -0.229. The Labute approximate surface area is 82.6 Å². The molecule has 1 heterocycles. The Kier molecular flexibility index (Phi) is 3.39. The lowest BCUT2D eigenvalue weighted by Gasteiger charge is -2.07. The molecule has 0 saturated carbocycles. The molecule has 2 N–H and O–H groups in total. The molecule has 2 unspecified atom stereocenters. The summed E-state index contributed by atoms with van der Waals surface area (Å²) in [4.78, 5) is 4.29. The van der Waals surface area contributed by atoms with Crippen molar-refractivity contribution in [3.63, 3.8) is 0 Å². The lowest BCUT2D eigenvalue weighted by Crippen LogP contribution is -1.99. The summed E-state index contributed by atoms with van der Waals surface area (Å²) in [6.45, 7) is 3.61. The van der Waals surface area contributed by atoms with E-state index in [4.69, 9.17) is 11.1 Å². The number of rotatable bonds is 4. The molecule has 0 radical (unpaired) electrons. The maximum absolute atomic E-state index is 6.89. The van der Waals surface area contributed by atoms with E-state index >= 15 is 0 Å². The maximum atomic E-state index is 6.89. The number of hydrogen-bond acceptors (Lipinski definition) is 5. The predicted octanol–water partition coefficient (Wildman–Crippen LogP) is 3.27. The van der Waals surface area contributed by atoms with Crippen molar-refractivity contribution in [3.8, 4) is 0 Å². The summed E-state index contributed by atoms with van der Waals surface area (Å²) in [6, 6.07) is 5.04. The molecular formula is C9H13N5. The second-order valence-corrected chi connectivity index (χ2v) is 3.10. The van der Waals surface area contributed by atoms with E-state index in [0.29, 0.717) is 0 Å². The first kappa shape index (κ1) is 10.4. The van der Waals surface area contributed by atoms with Crippen LogP contribution in [-0.2, 0) is 0 Å². The molecule has 2 atom stereocenters. The Bertz CT molecular complexity index is 306. The minimum Gasteiger partial charge on any atom is -0.253 e. The number of aromatic nitrogens is 1. The summed E-state index contributed by atoms with van der Waals surface area (Å²) in [5.41, 5.74) is 15.3. The molecule has 0 aliphatic carbocycles. The number of hydrogen-bond donors (Lipinski definition) is 2. The second kappa shape index (κ2) is 4.55. The smallest absolute Gasteiger partial charge is 0.110 e. The first-order valence-electron chi connectivity index (χ1n) is 4.39. The van der Waals surface area contributed by atoms with E-state index in [2.05, 4.69) is 15.2 Å². The molecular weight excluding hydrogens is 178 g/mol. The van der Waals surface area contributed by atoms with E-state index < -0.39 is 0 Å². The fourth-order valence-corrected chi connectivity index (χ4v) is 1.07. The third kappa shape index (κ3) is 2.18. The highest BCUT2D eigenvalue weighted by Crippen LogP contribution is 2.18. The fraction of sp³-hybridized carbons (Fsp3) is 0.444. The summed E-state index contributed by atoms with van der Waals surface area (Å²) in [5.74, 6) is 0. The molecule has 5 nitrogen and oxygen atoms in total. The van der Waals surface area contributed by atoms with Crippen LogP contribution in [0.2, 0.25) is 0 Å². The van der Waals surface area contributed by atoms with Crippen molar-refractivity contribution in [1.29, 1.82) is 11.1 Å². The molecule has 74 valence electrons. The number of nitrogens with one attached hydrogen (secondary N) is 2. The Balaban J connectivity index is 3.00. The summed E-state index contributed by atoms with van der Waals surface area (Å²) in [5, 5.41) is 6.79. The third-order valence-corrected chi connectivity index (χ3v) is 2.04. The SMILES string of the molecule is CC(N=N)c1cccc(C(C)N=N)n1. The van der Waals surface area contributed by atoms with Crippen LogP contribution >= 0.6 is 0 Å². The van der Waals surface area contributed by atoms with Crippen LogP contribution in [0.25, 0.3) is 0 Å². The van der Waals surface area contributed by atoms with Crippen LogP contribution in [0.4, 0.5) is 0 Å². The lowest BCUT2D eigenvalue weighted by atomic mass is 10.1. The molecule has 0 saturated heterocycles. The van der Waals surface area contributed by atoms with Gasteiger partial charge in [0.2, 0.25) is 0 Å². The topological polar surface area (TPSA) is 85.3 Å². The molecule has 14 heavy (non-hydrogen) atoms. The minimum absolute atomic E-state index is 0.229. The molecule has 5 heteroatoms. The average molecular weight is 191 g/mol. The molecule has 0 bridgehead atoms. The monoisotopic (exact) mass is 191 g/mol. The molecule has 1 aromatic rings. The molecule has 1 aromatic heterocycles. The van der Waals surface area contributed by atoms with Gasteiger partial charge in [0.15, 0.2) is 0 Å².